The van der Waals surface area contributed by atoms with Crippen LogP contribution in [0.3, 0.4) is 0 Å². The first kappa shape index (κ1) is 5.17. The standard InChI is InChI=1S/CH3NOS2/c3-1-2-5-4/h1,4H,(H,2,3). The van der Waals surface area contributed by atoms with E-state index < -0.39 is 0 Å². The maximum Gasteiger partial charge on any atom is 0.217 e. The Morgan fingerprint density at radius 3 is 2.60 bits per heavy atom. The minimum atomic E-state index is 0.567. The summed E-state index contributed by atoms with van der Waals surface area (Å²) >= 11 is 3.57. The summed E-state index contributed by atoms with van der Waals surface area (Å²) in [6.45, 7) is 0. The van der Waals surface area contributed by atoms with Crippen LogP contribution in [0.15, 0.2) is 0 Å². The van der Waals surface area contributed by atoms with E-state index in [1.54, 1.807) is 0 Å². The highest BCUT2D eigenvalue weighted by molar-refractivity contribution is 8.67. The van der Waals surface area contributed by atoms with E-state index in [0.29, 0.717) is 6.41 Å². The molecule has 0 heterocycles. The summed E-state index contributed by atoms with van der Waals surface area (Å²) in [6, 6.07) is 0. The van der Waals surface area contributed by atoms with Crippen LogP contribution in [0.2, 0.25) is 0 Å². The van der Waals surface area contributed by atoms with Crippen molar-refractivity contribution in [3.05, 3.63) is 0 Å². The lowest BCUT2D eigenvalue weighted by atomic mass is 11.5. The Kier molecular flexibility index (Phi) is 4.31. The topological polar surface area (TPSA) is 29.1 Å². The van der Waals surface area contributed by atoms with Crippen LogP contribution < -0.4 is 4.72 Å². The normalized spacial score (nSPS) is 6.60. The van der Waals surface area contributed by atoms with Gasteiger partial charge in [0.05, 0.1) is 0 Å². The molecular weight excluding hydrogens is 106 g/mol. The maximum absolute atomic E-state index is 9.22. The summed E-state index contributed by atoms with van der Waals surface area (Å²) in [7, 11) is 0.978. The molecule has 0 bridgehead atoms. The molecule has 1 N–H and O–H groups in total. The second-order valence-corrected chi connectivity index (χ2v) is 1.29. The average Bonchev–Trinajstić information content (AvgIpc) is 1.41. The van der Waals surface area contributed by atoms with Gasteiger partial charge in [0.1, 0.15) is 0 Å². The molecule has 0 saturated heterocycles. The fourth-order valence-corrected chi connectivity index (χ4v) is 0.194. The monoisotopic (exact) mass is 109 g/mol. The molecule has 0 rings (SSSR count). The summed E-state index contributed by atoms with van der Waals surface area (Å²) in [5, 5.41) is 0. The van der Waals surface area contributed by atoms with Crippen molar-refractivity contribution in [2.24, 2.45) is 0 Å². The van der Waals surface area contributed by atoms with Crippen molar-refractivity contribution in [1.82, 2.24) is 4.72 Å². The van der Waals surface area contributed by atoms with Gasteiger partial charge in [-0.15, -0.1) is 0 Å². The van der Waals surface area contributed by atoms with Crippen LogP contribution in [0.1, 0.15) is 0 Å². The third kappa shape index (κ3) is 4.17. The molecule has 0 aliphatic heterocycles. The number of hydrogen-bond donors (Lipinski definition) is 2. The van der Waals surface area contributed by atoms with Gasteiger partial charge in [-0.05, 0) is 0 Å². The highest BCUT2D eigenvalue weighted by Gasteiger charge is 1.61. The second kappa shape index (κ2) is 4.17. The number of carbonyl (C=O) groups excluding carboxylic acids is 1. The van der Waals surface area contributed by atoms with Crippen LogP contribution in [0, 0.1) is 0 Å². The van der Waals surface area contributed by atoms with Gasteiger partial charge in [-0.2, -0.15) is 0 Å². The first-order valence-electron chi connectivity index (χ1n) is 0.911. The minimum Gasteiger partial charge on any atom is -0.294 e. The molecule has 0 aliphatic carbocycles. The summed E-state index contributed by atoms with van der Waals surface area (Å²) in [4.78, 5) is 9.22. The Balaban J connectivity index is 2.40. The molecule has 0 spiro atoms. The predicted octanol–water partition coefficient (Wildman–Crippen LogP) is 0.225. The van der Waals surface area contributed by atoms with Crippen molar-refractivity contribution >= 4 is 29.1 Å². The van der Waals surface area contributed by atoms with Gasteiger partial charge >= 0.3 is 0 Å². The van der Waals surface area contributed by atoms with E-state index in [-0.39, 0.29) is 0 Å². The molecule has 0 unspecified atom stereocenters. The molecular formula is CH3NOS2. The maximum atomic E-state index is 9.22. The first-order valence-corrected chi connectivity index (χ1v) is 2.78. The highest BCUT2D eigenvalue weighted by Crippen LogP contribution is 1.91. The van der Waals surface area contributed by atoms with E-state index in [4.69, 9.17) is 0 Å². The molecule has 4 heteroatoms. The van der Waals surface area contributed by atoms with Gasteiger partial charge in [-0.3, -0.25) is 9.52 Å². The van der Waals surface area contributed by atoms with E-state index in [0.717, 1.165) is 11.0 Å². The third-order valence-corrected chi connectivity index (χ3v) is 0.619. The van der Waals surface area contributed by atoms with E-state index in [9.17, 15) is 4.79 Å². The zero-order valence-corrected chi connectivity index (χ0v) is 4.05. The number of carbonyl (C=O) groups is 1. The number of thiol groups is 1. The molecule has 2 nitrogen and oxygen atoms in total. The van der Waals surface area contributed by atoms with Gasteiger partial charge < -0.3 is 0 Å². The van der Waals surface area contributed by atoms with Gasteiger partial charge in [-0.25, -0.2) is 0 Å². The van der Waals surface area contributed by atoms with Crippen molar-refractivity contribution < 1.29 is 4.79 Å². The SMILES string of the molecule is O=CNSS. The van der Waals surface area contributed by atoms with Gasteiger partial charge in [0.2, 0.25) is 6.41 Å². The lowest BCUT2D eigenvalue weighted by Crippen LogP contribution is -1.91. The molecule has 1 amide bonds. The molecule has 0 aliphatic rings. The lowest BCUT2D eigenvalue weighted by Gasteiger charge is -1.76. The van der Waals surface area contributed by atoms with Gasteiger partial charge in [0.15, 0.2) is 0 Å². The summed E-state index contributed by atoms with van der Waals surface area (Å²) in [6.07, 6.45) is 0.567. The zero-order valence-electron chi connectivity index (χ0n) is 2.34. The Morgan fingerprint density at radius 2 is 2.60 bits per heavy atom. The smallest absolute Gasteiger partial charge is 0.217 e. The Bertz CT molecular complexity index is 30.8. The van der Waals surface area contributed by atoms with Crippen LogP contribution in [-0.4, -0.2) is 6.41 Å². The molecule has 0 atom stereocenters. The van der Waals surface area contributed by atoms with Gasteiger partial charge in [0, 0.05) is 11.0 Å². The van der Waals surface area contributed by atoms with Crippen molar-refractivity contribution in [2.75, 3.05) is 0 Å². The number of nitrogens with one attached hydrogen (secondary N) is 1. The van der Waals surface area contributed by atoms with Gasteiger partial charge in [-0.1, -0.05) is 11.7 Å². The Hall–Kier alpha value is 0.170. The van der Waals surface area contributed by atoms with E-state index in [1.165, 1.54) is 0 Å². The summed E-state index contributed by atoms with van der Waals surface area (Å²) < 4.78 is 2.21. The van der Waals surface area contributed by atoms with Gasteiger partial charge in [0.25, 0.3) is 0 Å². The third-order valence-electron chi connectivity index (χ3n) is 0.101. The van der Waals surface area contributed by atoms with E-state index in [2.05, 4.69) is 16.4 Å². The van der Waals surface area contributed by atoms with Crippen LogP contribution in [0.4, 0.5) is 0 Å². The summed E-state index contributed by atoms with van der Waals surface area (Å²) in [5.74, 6) is 0. The molecule has 0 aromatic heterocycles. The van der Waals surface area contributed by atoms with Crippen LogP contribution in [0.5, 0.6) is 0 Å². The van der Waals surface area contributed by atoms with Crippen molar-refractivity contribution in [1.29, 1.82) is 0 Å². The van der Waals surface area contributed by atoms with Crippen LogP contribution in [-0.2, 0) is 4.79 Å². The quantitative estimate of drug-likeness (QED) is 0.230. The largest absolute Gasteiger partial charge is 0.294 e. The van der Waals surface area contributed by atoms with E-state index in [1.807, 2.05) is 0 Å². The number of rotatable bonds is 2. The lowest BCUT2D eigenvalue weighted by molar-refractivity contribution is -0.107. The average molecular weight is 109 g/mol. The molecule has 30 valence electrons. The number of amides is 1. The molecule has 0 fully saturated rings. The number of hydrogen-bond acceptors (Lipinski definition) is 3. The van der Waals surface area contributed by atoms with Crippen molar-refractivity contribution in [3.63, 3.8) is 0 Å². The molecule has 0 aromatic rings. The van der Waals surface area contributed by atoms with Crippen molar-refractivity contribution in [3.8, 4) is 0 Å². The predicted molar refractivity (Wildman–Crippen MR) is 25.8 cm³/mol. The molecule has 0 aromatic carbocycles. The molecule has 5 heavy (non-hydrogen) atoms. The van der Waals surface area contributed by atoms with Crippen LogP contribution in [0.25, 0.3) is 0 Å². The van der Waals surface area contributed by atoms with Crippen LogP contribution >= 0.6 is 22.6 Å². The van der Waals surface area contributed by atoms with Crippen molar-refractivity contribution in [2.45, 2.75) is 0 Å². The zero-order chi connectivity index (χ0) is 4.12. The molecule has 0 radical (unpaired) electrons. The van der Waals surface area contributed by atoms with E-state index >= 15 is 0 Å². The highest BCUT2D eigenvalue weighted by atomic mass is 33.1. The fourth-order valence-electron chi connectivity index (χ4n) is 0.0215. The minimum absolute atomic E-state index is 0.567. The summed E-state index contributed by atoms with van der Waals surface area (Å²) in [5.41, 5.74) is 0. The second-order valence-electron chi connectivity index (χ2n) is 0.327. The fraction of sp³-hybridized carbons (Fsp3) is 0. The molecule has 0 saturated carbocycles. The Morgan fingerprint density at radius 1 is 2.00 bits per heavy atom. The first-order chi connectivity index (χ1) is 2.41. The Labute approximate surface area is 39.3 Å².